The van der Waals surface area contributed by atoms with Gasteiger partial charge in [0.25, 0.3) is 0 Å². The fourth-order valence-electron chi connectivity index (χ4n) is 1.85. The summed E-state index contributed by atoms with van der Waals surface area (Å²) >= 11 is 12.1. The first-order chi connectivity index (χ1) is 10.0. The number of ether oxygens (including phenoxy) is 1. The van der Waals surface area contributed by atoms with Crippen molar-refractivity contribution in [3.05, 3.63) is 52.0 Å². The summed E-state index contributed by atoms with van der Waals surface area (Å²) in [4.78, 5) is 0.539. The molecule has 0 radical (unpaired) electrons. The molecule has 0 spiro atoms. The van der Waals surface area contributed by atoms with Gasteiger partial charge in [0.1, 0.15) is 5.75 Å². The molecule has 0 aliphatic rings. The summed E-state index contributed by atoms with van der Waals surface area (Å²) in [5.41, 5.74) is 7.09. The molecule has 0 saturated carbocycles. The Morgan fingerprint density at radius 1 is 1.24 bits per heavy atom. The van der Waals surface area contributed by atoms with Crippen molar-refractivity contribution >= 4 is 39.7 Å². The summed E-state index contributed by atoms with van der Waals surface area (Å²) in [5.74, 6) is 0.895. The SMILES string of the molecule is CCOc1ccc(N)c(S(=O)Cc2cccc(Cl)c2Cl)c1. The number of hydrogen-bond donors (Lipinski definition) is 1. The van der Waals surface area contributed by atoms with Gasteiger partial charge in [-0.15, -0.1) is 0 Å². The molecule has 2 N–H and O–H groups in total. The molecule has 21 heavy (non-hydrogen) atoms. The first kappa shape index (κ1) is 16.1. The van der Waals surface area contributed by atoms with E-state index in [1.807, 2.05) is 6.92 Å². The number of nitrogens with two attached hydrogens (primary N) is 1. The molecule has 2 aromatic carbocycles. The second-order valence-electron chi connectivity index (χ2n) is 4.34. The maximum atomic E-state index is 12.5. The van der Waals surface area contributed by atoms with Gasteiger partial charge in [0.2, 0.25) is 0 Å². The van der Waals surface area contributed by atoms with Crippen LogP contribution < -0.4 is 10.5 Å². The Bertz CT molecular complexity index is 677. The quantitative estimate of drug-likeness (QED) is 0.824. The van der Waals surface area contributed by atoms with Crippen molar-refractivity contribution in [1.82, 2.24) is 0 Å². The number of halogens is 2. The Morgan fingerprint density at radius 2 is 2.00 bits per heavy atom. The van der Waals surface area contributed by atoms with Gasteiger partial charge in [-0.3, -0.25) is 4.21 Å². The van der Waals surface area contributed by atoms with Gasteiger partial charge >= 0.3 is 0 Å². The number of rotatable bonds is 5. The second kappa shape index (κ2) is 7.16. The van der Waals surface area contributed by atoms with Crippen LogP contribution in [0.25, 0.3) is 0 Å². The summed E-state index contributed by atoms with van der Waals surface area (Å²) < 4.78 is 17.9. The molecule has 0 amide bonds. The van der Waals surface area contributed by atoms with Crippen LogP contribution in [0.3, 0.4) is 0 Å². The lowest BCUT2D eigenvalue weighted by Crippen LogP contribution is -2.03. The summed E-state index contributed by atoms with van der Waals surface area (Å²) in [6, 6.07) is 10.4. The minimum absolute atomic E-state index is 0.249. The monoisotopic (exact) mass is 343 g/mol. The third-order valence-electron chi connectivity index (χ3n) is 2.86. The van der Waals surface area contributed by atoms with Crippen LogP contribution in [-0.2, 0) is 16.6 Å². The highest BCUT2D eigenvalue weighted by molar-refractivity contribution is 7.84. The molecule has 1 atom stereocenters. The smallest absolute Gasteiger partial charge is 0.120 e. The van der Waals surface area contributed by atoms with E-state index in [1.54, 1.807) is 36.4 Å². The van der Waals surface area contributed by atoms with Crippen LogP contribution in [0.4, 0.5) is 5.69 Å². The van der Waals surface area contributed by atoms with Crippen LogP contribution >= 0.6 is 23.2 Å². The Morgan fingerprint density at radius 3 is 2.71 bits per heavy atom. The van der Waals surface area contributed by atoms with Crippen molar-refractivity contribution in [2.24, 2.45) is 0 Å². The molecule has 0 saturated heterocycles. The maximum Gasteiger partial charge on any atom is 0.120 e. The molecule has 0 fully saturated rings. The largest absolute Gasteiger partial charge is 0.494 e. The normalized spacial score (nSPS) is 12.1. The molecule has 0 bridgehead atoms. The maximum absolute atomic E-state index is 12.5. The Labute approximate surface area is 136 Å². The molecule has 0 aliphatic carbocycles. The van der Waals surface area contributed by atoms with Crippen LogP contribution in [0.1, 0.15) is 12.5 Å². The molecular formula is C15H15Cl2NO2S. The topological polar surface area (TPSA) is 52.3 Å². The van der Waals surface area contributed by atoms with Crippen molar-refractivity contribution in [3.63, 3.8) is 0 Å². The highest BCUT2D eigenvalue weighted by atomic mass is 35.5. The predicted octanol–water partition coefficient (Wildman–Crippen LogP) is 4.28. The standard InChI is InChI=1S/C15H15Cl2NO2S/c1-2-20-11-6-7-13(18)14(8-11)21(19)9-10-4-3-5-12(16)15(10)17/h3-8H,2,9,18H2,1H3. The summed E-state index contributed by atoms with van der Waals surface area (Å²) in [6.07, 6.45) is 0. The fraction of sp³-hybridized carbons (Fsp3) is 0.200. The highest BCUT2D eigenvalue weighted by Gasteiger charge is 2.13. The number of hydrogen-bond acceptors (Lipinski definition) is 3. The Hall–Kier alpha value is -1.23. The predicted molar refractivity (Wildman–Crippen MR) is 88.6 cm³/mol. The lowest BCUT2D eigenvalue weighted by Gasteiger charge is -2.10. The van der Waals surface area contributed by atoms with E-state index < -0.39 is 10.8 Å². The second-order valence-corrected chi connectivity index (χ2v) is 6.54. The van der Waals surface area contributed by atoms with Gasteiger partial charge in [0, 0.05) is 5.69 Å². The first-order valence-electron chi connectivity index (χ1n) is 6.36. The minimum atomic E-state index is -1.33. The third-order valence-corrected chi connectivity index (χ3v) is 5.13. The summed E-state index contributed by atoms with van der Waals surface area (Å²) in [6.45, 7) is 2.43. The molecule has 6 heteroatoms. The van der Waals surface area contributed by atoms with Gasteiger partial charge in [-0.25, -0.2) is 0 Å². The molecular weight excluding hydrogens is 329 g/mol. The lowest BCUT2D eigenvalue weighted by atomic mass is 10.2. The molecule has 1 unspecified atom stereocenters. The van der Waals surface area contributed by atoms with Crippen LogP contribution in [0, 0.1) is 0 Å². The average molecular weight is 344 g/mol. The average Bonchev–Trinajstić information content (AvgIpc) is 2.46. The zero-order valence-corrected chi connectivity index (χ0v) is 13.8. The van der Waals surface area contributed by atoms with E-state index in [2.05, 4.69) is 0 Å². The van der Waals surface area contributed by atoms with E-state index in [4.69, 9.17) is 33.7 Å². The van der Waals surface area contributed by atoms with Crippen LogP contribution in [0.2, 0.25) is 10.0 Å². The molecule has 2 rings (SSSR count). The van der Waals surface area contributed by atoms with Crippen LogP contribution in [0.5, 0.6) is 5.75 Å². The zero-order valence-electron chi connectivity index (χ0n) is 11.4. The van der Waals surface area contributed by atoms with Crippen molar-refractivity contribution in [3.8, 4) is 5.75 Å². The van der Waals surface area contributed by atoms with Gasteiger partial charge in [-0.2, -0.15) is 0 Å². The van der Waals surface area contributed by atoms with Gasteiger partial charge < -0.3 is 10.5 Å². The van der Waals surface area contributed by atoms with Crippen LogP contribution in [-0.4, -0.2) is 10.8 Å². The Balaban J connectivity index is 2.28. The molecule has 0 aromatic heterocycles. The molecule has 3 nitrogen and oxygen atoms in total. The molecule has 0 heterocycles. The van der Waals surface area contributed by atoms with E-state index in [9.17, 15) is 4.21 Å². The van der Waals surface area contributed by atoms with Crippen LogP contribution in [0.15, 0.2) is 41.3 Å². The lowest BCUT2D eigenvalue weighted by molar-refractivity contribution is 0.339. The van der Waals surface area contributed by atoms with Crippen molar-refractivity contribution in [1.29, 1.82) is 0 Å². The number of nitrogen functional groups attached to an aromatic ring is 1. The van der Waals surface area contributed by atoms with Crippen molar-refractivity contribution in [2.75, 3.05) is 12.3 Å². The Kier molecular flexibility index (Phi) is 5.51. The fourth-order valence-corrected chi connectivity index (χ4v) is 3.57. The van der Waals surface area contributed by atoms with E-state index in [0.29, 0.717) is 33.0 Å². The first-order valence-corrected chi connectivity index (χ1v) is 8.44. The van der Waals surface area contributed by atoms with Gasteiger partial charge in [-0.1, -0.05) is 35.3 Å². The minimum Gasteiger partial charge on any atom is -0.494 e. The van der Waals surface area contributed by atoms with E-state index in [0.717, 1.165) is 5.56 Å². The summed E-state index contributed by atoms with van der Waals surface area (Å²) in [7, 11) is -1.33. The molecule has 0 aliphatic heterocycles. The summed E-state index contributed by atoms with van der Waals surface area (Å²) in [5, 5.41) is 0.870. The van der Waals surface area contributed by atoms with E-state index in [-0.39, 0.29) is 5.75 Å². The van der Waals surface area contributed by atoms with Crippen molar-refractivity contribution < 1.29 is 8.95 Å². The van der Waals surface area contributed by atoms with E-state index in [1.165, 1.54) is 0 Å². The van der Waals surface area contributed by atoms with Crippen molar-refractivity contribution in [2.45, 2.75) is 17.6 Å². The molecule has 2 aromatic rings. The number of benzene rings is 2. The third kappa shape index (κ3) is 3.90. The van der Waals surface area contributed by atoms with Gasteiger partial charge in [-0.05, 0) is 36.8 Å². The van der Waals surface area contributed by atoms with E-state index >= 15 is 0 Å². The molecule has 112 valence electrons. The highest BCUT2D eigenvalue weighted by Crippen LogP contribution is 2.29. The zero-order chi connectivity index (χ0) is 15.4. The van der Waals surface area contributed by atoms with Gasteiger partial charge in [0.05, 0.1) is 38.1 Å². The van der Waals surface area contributed by atoms with Gasteiger partial charge in [0.15, 0.2) is 0 Å². The number of anilines is 1.